The number of nitrogens with two attached hydrogens (primary N) is 1. The Balaban J connectivity index is 0.000000235. The number of rotatable bonds is 16. The first-order chi connectivity index (χ1) is 53.5. The average molecular weight is 1610 g/mol. The van der Waals surface area contributed by atoms with Gasteiger partial charge in [-0.3, -0.25) is 19.2 Å². The van der Waals surface area contributed by atoms with E-state index in [1.807, 2.05) is 13.8 Å². The SMILES string of the molecule is CCn1cc(C(=O)Nc2ccc(Oc3cccc(F)c3)cn2)ccc1=O.CCn1cc(C(=O)O)ccc1=O.CCn1cc(C(=O)OC)ccc1=O.COC(=O)c1ccc(=O)oc1.Nc1ccc(Oc2cccc(F)c2)cn1.O=[N+]([O-])c1ccc(Br)cn1.O=[N+]([O-])c1ccc(Oc2cccc(F)c2)cn1.Oc1cccc(F)c1. The summed E-state index contributed by atoms with van der Waals surface area (Å²) in [6.45, 7) is 6.95. The number of nitrogens with one attached hydrogen (secondary N) is 1. The molecule has 12 aromatic rings. The van der Waals surface area contributed by atoms with Crippen LogP contribution in [0.25, 0.3) is 0 Å². The van der Waals surface area contributed by atoms with Gasteiger partial charge < -0.3 is 83.3 Å². The highest BCUT2D eigenvalue weighted by Crippen LogP contribution is 2.25. The number of amides is 1. The molecule has 0 saturated carbocycles. The number of hydrogen-bond donors (Lipinski definition) is 4. The van der Waals surface area contributed by atoms with Crippen LogP contribution in [0.4, 0.5) is 40.8 Å². The van der Waals surface area contributed by atoms with Gasteiger partial charge in [0.25, 0.3) is 22.6 Å². The van der Waals surface area contributed by atoms with Gasteiger partial charge in [0.1, 0.15) is 75.7 Å². The summed E-state index contributed by atoms with van der Waals surface area (Å²) in [5, 5.41) is 40.2. The topological polar surface area (TPSA) is 427 Å². The van der Waals surface area contributed by atoms with Crippen LogP contribution in [-0.4, -0.2) is 91.7 Å². The molecule has 5 N–H and O–H groups in total. The van der Waals surface area contributed by atoms with E-state index in [1.165, 1.54) is 193 Å². The molecule has 580 valence electrons. The number of aromatic carboxylic acids is 1. The number of esters is 2. The number of pyridine rings is 7. The summed E-state index contributed by atoms with van der Waals surface area (Å²) >= 11 is 3.11. The Labute approximate surface area is 640 Å². The Morgan fingerprint density at radius 2 is 0.893 bits per heavy atom. The van der Waals surface area contributed by atoms with Gasteiger partial charge in [-0.15, -0.1) is 0 Å². The van der Waals surface area contributed by atoms with Crippen LogP contribution in [0.2, 0.25) is 0 Å². The monoisotopic (exact) mass is 1610 g/mol. The number of aromatic nitrogens is 7. The summed E-state index contributed by atoms with van der Waals surface area (Å²) in [6, 6.07) is 45.1. The lowest BCUT2D eigenvalue weighted by Crippen LogP contribution is -2.21. The molecule has 8 aromatic heterocycles. The largest absolute Gasteiger partial charge is 0.508 e. The Kier molecular flexibility index (Phi) is 35.8. The lowest BCUT2D eigenvalue weighted by Gasteiger charge is -2.08. The second kappa shape index (κ2) is 45.6. The normalized spacial score (nSPS) is 9.80. The third-order valence-corrected chi connectivity index (χ3v) is 13.9. The molecule has 8 heterocycles. The van der Waals surface area contributed by atoms with E-state index >= 15 is 0 Å². The van der Waals surface area contributed by atoms with E-state index in [4.69, 9.17) is 30.2 Å². The molecule has 0 saturated heterocycles. The number of anilines is 2. The highest BCUT2D eigenvalue weighted by molar-refractivity contribution is 9.10. The van der Waals surface area contributed by atoms with Crippen LogP contribution in [0, 0.1) is 43.5 Å². The number of carbonyl (C=O) groups excluding carboxylic acids is 3. The summed E-state index contributed by atoms with van der Waals surface area (Å²) in [7, 11) is 2.57. The lowest BCUT2D eigenvalue weighted by atomic mass is 10.2. The van der Waals surface area contributed by atoms with Crippen LogP contribution in [0.5, 0.6) is 40.2 Å². The number of aryl methyl sites for hydroxylation is 3. The van der Waals surface area contributed by atoms with Crippen molar-refractivity contribution >= 4 is 63.0 Å². The summed E-state index contributed by atoms with van der Waals surface area (Å²) < 4.78 is 85.3. The van der Waals surface area contributed by atoms with Gasteiger partial charge in [-0.2, -0.15) is 0 Å². The summed E-state index contributed by atoms with van der Waals surface area (Å²) in [6.07, 6.45) is 10.9. The van der Waals surface area contributed by atoms with E-state index in [2.05, 4.69) is 55.1 Å². The van der Waals surface area contributed by atoms with Gasteiger partial charge in [0, 0.05) is 98.9 Å². The fraction of sp³-hybridized carbons (Fsp3) is 0.105. The van der Waals surface area contributed by atoms with Crippen molar-refractivity contribution < 1.29 is 84.9 Å². The molecular weight excluding hydrogens is 1540 g/mol. The van der Waals surface area contributed by atoms with Gasteiger partial charge in [0.15, 0.2) is 18.1 Å². The Morgan fingerprint density at radius 3 is 1.26 bits per heavy atom. The van der Waals surface area contributed by atoms with Gasteiger partial charge in [0.2, 0.25) is 0 Å². The van der Waals surface area contributed by atoms with Gasteiger partial charge in [-0.25, -0.2) is 46.7 Å². The van der Waals surface area contributed by atoms with Gasteiger partial charge >= 0.3 is 35.2 Å². The molecule has 0 aliphatic rings. The van der Waals surface area contributed by atoms with E-state index in [9.17, 15) is 76.1 Å². The lowest BCUT2D eigenvalue weighted by molar-refractivity contribution is -0.389. The van der Waals surface area contributed by atoms with Crippen LogP contribution in [-0.2, 0) is 29.1 Å². The molecule has 12 rings (SSSR count). The number of carboxylic acid groups (broad SMARTS) is 1. The summed E-state index contributed by atoms with van der Waals surface area (Å²) in [5.74, 6) is -1.27. The maximum atomic E-state index is 13.2. The number of carboxylic acids is 1. The van der Waals surface area contributed by atoms with Gasteiger partial charge in [0.05, 0.1) is 53.3 Å². The molecular formula is C76H66BrF4N11O20. The predicted octanol–water partition coefficient (Wildman–Crippen LogP) is 13.9. The fourth-order valence-electron chi connectivity index (χ4n) is 8.07. The quantitative estimate of drug-likeness (QED) is 0.0302. The number of methoxy groups -OCH3 is 2. The molecule has 0 bridgehead atoms. The number of benzene rings is 4. The molecule has 0 atom stereocenters. The molecule has 0 fully saturated rings. The van der Waals surface area contributed by atoms with Crippen molar-refractivity contribution in [2.24, 2.45) is 0 Å². The molecule has 0 aliphatic heterocycles. The van der Waals surface area contributed by atoms with E-state index in [-0.39, 0.29) is 56.9 Å². The van der Waals surface area contributed by atoms with Crippen LogP contribution < -0.4 is 47.6 Å². The average Bonchev–Trinajstić information content (AvgIpc) is 0.843. The smallest absolute Gasteiger partial charge is 0.363 e. The van der Waals surface area contributed by atoms with Crippen LogP contribution >= 0.6 is 15.9 Å². The van der Waals surface area contributed by atoms with E-state index in [0.29, 0.717) is 76.9 Å². The number of nitro groups is 2. The van der Waals surface area contributed by atoms with E-state index < -0.39 is 50.8 Å². The van der Waals surface area contributed by atoms with Crippen molar-refractivity contribution in [3.8, 4) is 40.2 Å². The van der Waals surface area contributed by atoms with Crippen LogP contribution in [0.15, 0.2) is 272 Å². The molecule has 0 unspecified atom stereocenters. The molecule has 36 heteroatoms. The number of aromatic hydroxyl groups is 1. The highest BCUT2D eigenvalue weighted by Gasteiger charge is 2.13. The second-order valence-electron chi connectivity index (χ2n) is 21.4. The van der Waals surface area contributed by atoms with Crippen molar-refractivity contribution in [1.29, 1.82) is 0 Å². The molecule has 0 spiro atoms. The molecule has 0 aliphatic carbocycles. The summed E-state index contributed by atoms with van der Waals surface area (Å²) in [5.41, 5.74) is 5.58. The maximum Gasteiger partial charge on any atom is 0.363 e. The molecule has 31 nitrogen and oxygen atoms in total. The number of ether oxygens (including phenoxy) is 5. The Morgan fingerprint density at radius 1 is 0.491 bits per heavy atom. The van der Waals surface area contributed by atoms with E-state index in [1.54, 1.807) is 67.6 Å². The number of nitrogen functional groups attached to an aromatic ring is 1. The van der Waals surface area contributed by atoms with Crippen molar-refractivity contribution in [1.82, 2.24) is 33.6 Å². The maximum absolute atomic E-state index is 13.2. The standard InChI is InChI=1S/C19H16FN3O3.C11H7FN2O3.C11H9FN2O.C9H11NO3.C8H9NO3.C7H6O4.C6H5FO.C5H3BrN2O2/c1-2-23-12-13(6-9-18(23)24)19(25)22-17-8-7-16(11-21-17)26-15-5-3-4-14(20)10-15;12-8-2-1-3-9(6-8)17-10-4-5-11(13-7-10)14(15)16;12-8-2-1-3-9(6-8)15-10-4-5-11(13)14-7-10;1-3-10-6-7(9(12)13-2)4-5-8(10)11;1-2-9-5-6(8(11)12)3-4-7(9)10;1-10-7(9)5-2-3-6(8)11-4-5;7-5-2-1-3-6(8)4-5;6-4-1-2-5(7-3-4)8(9)10/h3-12H,2H2,1H3,(H,21,22,25);1-7H;1-7H,(H2,13,14);4-6H,3H2,1-2H3;3-5H,2H2,1H3,(H,11,12);2-4H,1H3;1-4,8H;1-3H. The number of halogens is 5. The van der Waals surface area contributed by atoms with Gasteiger partial charge in [-0.05, 0) is 166 Å². The minimum Gasteiger partial charge on any atom is -0.508 e. The zero-order chi connectivity index (χ0) is 82.2. The number of hydrogen-bond acceptors (Lipinski definition) is 24. The highest BCUT2D eigenvalue weighted by atomic mass is 79.9. The molecule has 0 radical (unpaired) electrons. The van der Waals surface area contributed by atoms with Crippen LogP contribution in [0.1, 0.15) is 62.2 Å². The van der Waals surface area contributed by atoms with Crippen molar-refractivity contribution in [2.45, 2.75) is 40.4 Å². The van der Waals surface area contributed by atoms with Gasteiger partial charge in [-0.1, -0.05) is 24.3 Å². The third-order valence-electron chi connectivity index (χ3n) is 13.5. The first-order valence-electron chi connectivity index (χ1n) is 32.2. The number of carbonyl (C=O) groups is 4. The Bertz CT molecular complexity index is 5340. The molecule has 1 amide bonds. The second-order valence-corrected chi connectivity index (χ2v) is 22.3. The minimum absolute atomic E-state index is 0.0370. The summed E-state index contributed by atoms with van der Waals surface area (Å²) in [4.78, 5) is 123. The van der Waals surface area contributed by atoms with Crippen molar-refractivity contribution in [3.63, 3.8) is 0 Å². The molecule has 4 aromatic carbocycles. The number of phenols is 1. The molecule has 112 heavy (non-hydrogen) atoms. The van der Waals surface area contributed by atoms with Crippen molar-refractivity contribution in [2.75, 3.05) is 25.3 Å². The number of nitrogens with zero attached hydrogens (tertiary/aromatic N) is 9. The fourth-order valence-corrected chi connectivity index (χ4v) is 8.31. The first kappa shape index (κ1) is 87.8. The Hall–Kier alpha value is -14.8. The predicted molar refractivity (Wildman–Crippen MR) is 402 cm³/mol. The third kappa shape index (κ3) is 31.3. The van der Waals surface area contributed by atoms with E-state index in [0.717, 1.165) is 22.9 Å². The number of phenolic OH excluding ortho intramolecular Hbond substituents is 1. The van der Waals surface area contributed by atoms with Crippen molar-refractivity contribution in [3.05, 3.63) is 355 Å². The zero-order valence-electron chi connectivity index (χ0n) is 59.5. The van der Waals surface area contributed by atoms with Crippen LogP contribution in [0.3, 0.4) is 0 Å². The first-order valence-corrected chi connectivity index (χ1v) is 33.0. The zero-order valence-corrected chi connectivity index (χ0v) is 61.0. The minimum atomic E-state index is -1.02.